The van der Waals surface area contributed by atoms with Crippen molar-refractivity contribution >= 4 is 34.9 Å². The summed E-state index contributed by atoms with van der Waals surface area (Å²) in [6.07, 6.45) is 1.65. The maximum Gasteiger partial charge on any atom is 0.282 e. The second-order valence-electron chi connectivity index (χ2n) is 6.89. The monoisotopic (exact) mass is 464 g/mol. The van der Waals surface area contributed by atoms with Crippen LogP contribution in [0.4, 0.5) is 0 Å². The molecule has 4 aromatic rings. The van der Waals surface area contributed by atoms with E-state index in [0.29, 0.717) is 21.9 Å². The van der Waals surface area contributed by atoms with Crippen molar-refractivity contribution < 1.29 is 9.59 Å². The highest BCUT2D eigenvalue weighted by molar-refractivity contribution is 7.98. The van der Waals surface area contributed by atoms with Gasteiger partial charge >= 0.3 is 0 Å². The number of benzene rings is 2. The maximum atomic E-state index is 12.7. The minimum atomic E-state index is -0.403. The van der Waals surface area contributed by atoms with E-state index < -0.39 is 11.8 Å². The van der Waals surface area contributed by atoms with E-state index in [2.05, 4.69) is 26.0 Å². The van der Waals surface area contributed by atoms with Gasteiger partial charge < -0.3 is 4.57 Å². The molecule has 0 bridgehead atoms. The third-order valence-corrected chi connectivity index (χ3v) is 6.61. The first-order chi connectivity index (χ1) is 15.5. The fourth-order valence-electron chi connectivity index (χ4n) is 2.92. The van der Waals surface area contributed by atoms with Crippen LogP contribution in [0.2, 0.25) is 0 Å². The third-order valence-electron chi connectivity index (χ3n) is 4.53. The first-order valence-electron chi connectivity index (χ1n) is 9.70. The Morgan fingerprint density at radius 3 is 2.44 bits per heavy atom. The summed E-state index contributed by atoms with van der Waals surface area (Å²) >= 11 is 2.85. The van der Waals surface area contributed by atoms with Crippen LogP contribution in [0.25, 0.3) is 11.3 Å². The van der Waals surface area contributed by atoms with Gasteiger partial charge in [0, 0.05) is 23.9 Å². The van der Waals surface area contributed by atoms with Crippen molar-refractivity contribution in [2.75, 3.05) is 0 Å². The molecule has 0 spiro atoms. The first-order valence-corrected chi connectivity index (χ1v) is 11.5. The normalized spacial score (nSPS) is 10.7. The van der Waals surface area contributed by atoms with Crippen LogP contribution in [0.15, 0.2) is 66.1 Å². The highest BCUT2D eigenvalue weighted by Gasteiger charge is 2.19. The van der Waals surface area contributed by atoms with Crippen molar-refractivity contribution in [3.8, 4) is 11.3 Å². The topological polar surface area (TPSA) is 102 Å². The number of thiazole rings is 1. The molecule has 0 aliphatic rings. The molecule has 0 aliphatic carbocycles. The number of nitrogens with zero attached hydrogens (tertiary/aromatic N) is 4. The van der Waals surface area contributed by atoms with Gasteiger partial charge in [-0.05, 0) is 24.6 Å². The Bertz CT molecular complexity index is 1240. The van der Waals surface area contributed by atoms with Crippen LogP contribution in [-0.2, 0) is 12.8 Å². The Kier molecular flexibility index (Phi) is 6.62. The number of carbonyl (C=O) groups is 2. The molecule has 0 aliphatic heterocycles. The molecule has 0 saturated carbocycles. The Morgan fingerprint density at radius 1 is 1.03 bits per heavy atom. The van der Waals surface area contributed by atoms with Gasteiger partial charge in [-0.3, -0.25) is 20.4 Å². The molecule has 0 radical (unpaired) electrons. The standard InChI is InChI=1S/C22H20N6O2S2/c1-14-24-18(16-6-4-3-5-7-16)19(32-14)21(30)26-25-20(29)17-10-8-15(9-11-17)12-31-22-27-23-13-28(22)2/h3-11,13H,12H2,1-2H3,(H,25,29)(H,26,30). The van der Waals surface area contributed by atoms with E-state index >= 15 is 0 Å². The smallest absolute Gasteiger partial charge is 0.282 e. The largest absolute Gasteiger partial charge is 0.312 e. The van der Waals surface area contributed by atoms with Crippen molar-refractivity contribution in [2.24, 2.45) is 7.05 Å². The minimum Gasteiger partial charge on any atom is -0.312 e. The van der Waals surface area contributed by atoms with Crippen LogP contribution < -0.4 is 10.9 Å². The van der Waals surface area contributed by atoms with Crippen LogP contribution in [0.3, 0.4) is 0 Å². The highest BCUT2D eigenvalue weighted by atomic mass is 32.2. The fraction of sp³-hybridized carbons (Fsp3) is 0.136. The summed E-state index contributed by atoms with van der Waals surface area (Å²) in [6, 6.07) is 16.7. The lowest BCUT2D eigenvalue weighted by atomic mass is 10.1. The van der Waals surface area contributed by atoms with Crippen LogP contribution >= 0.6 is 23.1 Å². The number of thioether (sulfide) groups is 1. The molecule has 10 heteroatoms. The molecule has 0 saturated heterocycles. The molecule has 2 N–H and O–H groups in total. The van der Waals surface area contributed by atoms with Gasteiger partial charge in [-0.25, -0.2) is 4.98 Å². The summed E-state index contributed by atoms with van der Waals surface area (Å²) in [5, 5.41) is 9.49. The van der Waals surface area contributed by atoms with E-state index in [0.717, 1.165) is 21.3 Å². The maximum absolute atomic E-state index is 12.7. The van der Waals surface area contributed by atoms with Crippen molar-refractivity contribution in [2.45, 2.75) is 17.8 Å². The van der Waals surface area contributed by atoms with E-state index in [1.165, 1.54) is 11.3 Å². The van der Waals surface area contributed by atoms with Crippen molar-refractivity contribution in [3.05, 3.63) is 81.9 Å². The van der Waals surface area contributed by atoms with Crippen LogP contribution in [0.1, 0.15) is 30.6 Å². The fourth-order valence-corrected chi connectivity index (χ4v) is 4.60. The molecule has 0 fully saturated rings. The van der Waals surface area contributed by atoms with Crippen molar-refractivity contribution in [3.63, 3.8) is 0 Å². The predicted octanol–water partition coefficient (Wildman–Crippen LogP) is 3.61. The Hall–Kier alpha value is -3.50. The van der Waals surface area contributed by atoms with Gasteiger partial charge in [0.25, 0.3) is 11.8 Å². The number of aryl methyl sites for hydroxylation is 2. The summed E-state index contributed by atoms with van der Waals surface area (Å²) < 4.78 is 1.85. The first kappa shape index (κ1) is 21.7. The van der Waals surface area contributed by atoms with Crippen LogP contribution in [-0.4, -0.2) is 31.6 Å². The summed E-state index contributed by atoms with van der Waals surface area (Å²) in [6.45, 7) is 1.84. The Morgan fingerprint density at radius 2 is 1.75 bits per heavy atom. The zero-order valence-corrected chi connectivity index (χ0v) is 19.0. The zero-order valence-electron chi connectivity index (χ0n) is 17.4. The average Bonchev–Trinajstić information content (AvgIpc) is 3.42. The molecule has 2 heterocycles. The van der Waals surface area contributed by atoms with E-state index in [4.69, 9.17) is 0 Å². The predicted molar refractivity (Wildman–Crippen MR) is 124 cm³/mol. The molecule has 2 aromatic carbocycles. The quantitative estimate of drug-likeness (QED) is 0.334. The summed E-state index contributed by atoms with van der Waals surface area (Å²) in [7, 11) is 1.89. The SMILES string of the molecule is Cc1nc(-c2ccccc2)c(C(=O)NNC(=O)c2ccc(CSc3nncn3C)cc2)s1. The molecule has 32 heavy (non-hydrogen) atoms. The Labute approximate surface area is 193 Å². The number of hydrazine groups is 1. The summed E-state index contributed by atoms with van der Waals surface area (Å²) in [5.41, 5.74) is 7.92. The number of carbonyl (C=O) groups excluding carboxylic acids is 2. The Balaban J connectivity index is 1.36. The highest BCUT2D eigenvalue weighted by Crippen LogP contribution is 2.27. The number of hydrogen-bond acceptors (Lipinski definition) is 7. The van der Waals surface area contributed by atoms with E-state index in [1.54, 1.807) is 30.2 Å². The average molecular weight is 465 g/mol. The molecular formula is C22H20N6O2S2. The number of nitrogens with one attached hydrogen (secondary N) is 2. The van der Waals surface area contributed by atoms with E-state index in [-0.39, 0.29) is 0 Å². The molecule has 2 aromatic heterocycles. The lowest BCUT2D eigenvalue weighted by Crippen LogP contribution is -2.41. The number of hydrogen-bond donors (Lipinski definition) is 2. The molecule has 8 nitrogen and oxygen atoms in total. The van der Waals surface area contributed by atoms with Crippen LogP contribution in [0.5, 0.6) is 0 Å². The van der Waals surface area contributed by atoms with Gasteiger partial charge in [-0.2, -0.15) is 0 Å². The number of amides is 2. The summed E-state index contributed by atoms with van der Waals surface area (Å²) in [5.74, 6) is -0.0918. The van der Waals surface area contributed by atoms with Gasteiger partial charge in [-0.15, -0.1) is 21.5 Å². The molecule has 2 amide bonds. The van der Waals surface area contributed by atoms with Gasteiger partial charge in [0.15, 0.2) is 5.16 Å². The van der Waals surface area contributed by atoms with Crippen molar-refractivity contribution in [1.82, 2.24) is 30.6 Å². The summed E-state index contributed by atoms with van der Waals surface area (Å²) in [4.78, 5) is 30.1. The number of aromatic nitrogens is 4. The third kappa shape index (κ3) is 5.04. The van der Waals surface area contributed by atoms with Crippen molar-refractivity contribution in [1.29, 1.82) is 0 Å². The van der Waals surface area contributed by atoms with Crippen LogP contribution in [0, 0.1) is 6.92 Å². The zero-order chi connectivity index (χ0) is 22.5. The molecule has 0 atom stereocenters. The van der Waals surface area contributed by atoms with Gasteiger partial charge in [-0.1, -0.05) is 54.2 Å². The lowest BCUT2D eigenvalue weighted by molar-refractivity contribution is 0.0849. The molecular weight excluding hydrogens is 444 g/mol. The minimum absolute atomic E-state index is 0.395. The van der Waals surface area contributed by atoms with Gasteiger partial charge in [0.2, 0.25) is 0 Å². The molecule has 4 rings (SSSR count). The second kappa shape index (κ2) is 9.75. The number of rotatable bonds is 6. The second-order valence-corrected chi connectivity index (χ2v) is 9.04. The van der Waals surface area contributed by atoms with Gasteiger partial charge in [0.05, 0.1) is 10.7 Å². The molecule has 0 unspecified atom stereocenters. The molecule has 162 valence electrons. The lowest BCUT2D eigenvalue weighted by Gasteiger charge is -2.08. The van der Waals surface area contributed by atoms with E-state index in [1.807, 2.05) is 61.0 Å². The van der Waals surface area contributed by atoms with Gasteiger partial charge in [0.1, 0.15) is 11.2 Å². The van der Waals surface area contributed by atoms with E-state index in [9.17, 15) is 9.59 Å².